The van der Waals surface area contributed by atoms with Gasteiger partial charge in [0.25, 0.3) is 0 Å². The second-order valence-electron chi connectivity index (χ2n) is 8.87. The number of nitrogens with zero attached hydrogens (tertiary/aromatic N) is 2. The fourth-order valence-corrected chi connectivity index (χ4v) is 5.79. The number of hydrogen-bond acceptors (Lipinski definition) is 4. The van der Waals surface area contributed by atoms with Crippen molar-refractivity contribution in [2.75, 3.05) is 26.2 Å². The van der Waals surface area contributed by atoms with Crippen molar-refractivity contribution in [2.24, 2.45) is 11.8 Å². The first-order chi connectivity index (χ1) is 15.1. The molecule has 10 heteroatoms. The predicted octanol–water partition coefficient (Wildman–Crippen LogP) is 2.52. The van der Waals surface area contributed by atoms with Gasteiger partial charge in [-0.1, -0.05) is 33.1 Å². The van der Waals surface area contributed by atoms with E-state index in [2.05, 4.69) is 5.32 Å². The summed E-state index contributed by atoms with van der Waals surface area (Å²) in [5, 5.41) is 2.92. The monoisotopic (exact) mass is 471 g/mol. The highest BCUT2D eigenvalue weighted by Gasteiger charge is 2.36. The Morgan fingerprint density at radius 1 is 1.03 bits per heavy atom. The number of benzene rings is 1. The van der Waals surface area contributed by atoms with E-state index in [1.165, 1.54) is 0 Å². The first-order valence-electron chi connectivity index (χ1n) is 11.2. The lowest BCUT2D eigenvalue weighted by atomic mass is 9.88. The Hall–Kier alpha value is -2.07. The maximum atomic E-state index is 14.0. The van der Waals surface area contributed by atoms with E-state index < -0.39 is 32.6 Å². The van der Waals surface area contributed by atoms with Crippen molar-refractivity contribution >= 4 is 21.8 Å². The third-order valence-electron chi connectivity index (χ3n) is 6.27. The highest BCUT2D eigenvalue weighted by molar-refractivity contribution is 7.89. The molecule has 3 rings (SSSR count). The number of hydrogen-bond donors (Lipinski definition) is 1. The third kappa shape index (κ3) is 5.46. The second-order valence-corrected chi connectivity index (χ2v) is 10.8. The fraction of sp³-hybridized carbons (Fsp3) is 0.636. The number of sulfonamides is 1. The lowest BCUT2D eigenvalue weighted by molar-refractivity contribution is -0.139. The van der Waals surface area contributed by atoms with Crippen LogP contribution in [0.5, 0.6) is 0 Å². The Morgan fingerprint density at radius 3 is 2.22 bits per heavy atom. The van der Waals surface area contributed by atoms with E-state index in [1.54, 1.807) is 4.90 Å². The lowest BCUT2D eigenvalue weighted by Gasteiger charge is -2.37. The third-order valence-corrected chi connectivity index (χ3v) is 8.20. The number of nitrogens with one attached hydrogen (secondary N) is 1. The first-order valence-corrected chi connectivity index (χ1v) is 12.6. The molecule has 0 spiro atoms. The minimum Gasteiger partial charge on any atom is -0.344 e. The van der Waals surface area contributed by atoms with E-state index in [1.807, 2.05) is 13.8 Å². The fourth-order valence-electron chi connectivity index (χ4n) is 4.32. The minimum absolute atomic E-state index is 0.00766. The van der Waals surface area contributed by atoms with Gasteiger partial charge in [-0.25, -0.2) is 17.2 Å². The molecule has 1 N–H and O–H groups in total. The molecule has 0 bridgehead atoms. The van der Waals surface area contributed by atoms with Crippen LogP contribution >= 0.6 is 0 Å². The highest BCUT2D eigenvalue weighted by Crippen LogP contribution is 2.25. The maximum Gasteiger partial charge on any atom is 0.246 e. The summed E-state index contributed by atoms with van der Waals surface area (Å²) >= 11 is 0. The van der Waals surface area contributed by atoms with Gasteiger partial charge in [-0.05, 0) is 30.9 Å². The summed E-state index contributed by atoms with van der Waals surface area (Å²) in [6.07, 6.45) is 4.83. The van der Waals surface area contributed by atoms with Crippen LogP contribution in [0.1, 0.15) is 46.0 Å². The zero-order valence-electron chi connectivity index (χ0n) is 18.5. The molecule has 0 aromatic heterocycles. The van der Waals surface area contributed by atoms with Crippen molar-refractivity contribution in [3.8, 4) is 0 Å². The molecular weight excluding hydrogens is 440 g/mol. The van der Waals surface area contributed by atoms with Gasteiger partial charge < -0.3 is 10.2 Å². The van der Waals surface area contributed by atoms with Crippen LogP contribution in [0.4, 0.5) is 8.78 Å². The predicted molar refractivity (Wildman–Crippen MR) is 115 cm³/mol. The maximum absolute atomic E-state index is 14.0. The average molecular weight is 472 g/mol. The molecule has 1 saturated heterocycles. The van der Waals surface area contributed by atoms with Gasteiger partial charge in [-0.3, -0.25) is 9.59 Å². The normalized spacial score (nSPS) is 19.7. The molecule has 178 valence electrons. The van der Waals surface area contributed by atoms with Crippen LogP contribution in [0.25, 0.3) is 0 Å². The highest BCUT2D eigenvalue weighted by atomic mass is 32.2. The van der Waals surface area contributed by atoms with E-state index in [-0.39, 0.29) is 49.8 Å². The van der Waals surface area contributed by atoms with E-state index in [0.29, 0.717) is 6.07 Å². The summed E-state index contributed by atoms with van der Waals surface area (Å²) < 4.78 is 53.8. The van der Waals surface area contributed by atoms with E-state index in [4.69, 9.17) is 0 Å². The Morgan fingerprint density at radius 2 is 1.66 bits per heavy atom. The summed E-state index contributed by atoms with van der Waals surface area (Å²) in [5.41, 5.74) is 0. The smallest absolute Gasteiger partial charge is 0.246 e. The molecule has 1 aliphatic carbocycles. The van der Waals surface area contributed by atoms with Crippen LogP contribution in [-0.2, 0) is 19.6 Å². The molecule has 2 aliphatic rings. The molecule has 0 radical (unpaired) electrons. The van der Waals surface area contributed by atoms with Crippen LogP contribution < -0.4 is 5.32 Å². The molecule has 2 fully saturated rings. The number of amides is 2. The molecule has 1 atom stereocenters. The Balaban J connectivity index is 1.63. The molecule has 1 aromatic rings. The molecular formula is C22H31F2N3O4S. The Bertz CT molecular complexity index is 940. The topological polar surface area (TPSA) is 86.8 Å². The molecule has 7 nitrogen and oxygen atoms in total. The quantitative estimate of drug-likeness (QED) is 0.691. The van der Waals surface area contributed by atoms with Crippen molar-refractivity contribution in [2.45, 2.75) is 56.9 Å². The van der Waals surface area contributed by atoms with Gasteiger partial charge in [0.1, 0.15) is 22.6 Å². The zero-order valence-corrected chi connectivity index (χ0v) is 19.3. The summed E-state index contributed by atoms with van der Waals surface area (Å²) in [6, 6.07) is 1.67. The number of carbonyl (C=O) groups excluding carboxylic acids is 2. The standard InChI is InChI=1S/C22H31F2N3O4S/c1-15(2)20(25-21(28)16-6-4-3-5-7-16)22(29)26-10-12-27(13-11-26)32(30,31)19-9-8-17(23)14-18(19)24/h8-9,14-16,20H,3-7,10-13H2,1-2H3,(H,25,28)/t20-/m1/s1. The average Bonchev–Trinajstić information content (AvgIpc) is 2.77. The lowest BCUT2D eigenvalue weighted by Crippen LogP contribution is -2.57. The zero-order chi connectivity index (χ0) is 23.5. The summed E-state index contributed by atoms with van der Waals surface area (Å²) in [7, 11) is -4.14. The van der Waals surface area contributed by atoms with Gasteiger partial charge in [0.05, 0.1) is 0 Å². The van der Waals surface area contributed by atoms with Gasteiger partial charge >= 0.3 is 0 Å². The molecule has 1 aromatic carbocycles. The van der Waals surface area contributed by atoms with Crippen molar-refractivity contribution in [1.82, 2.24) is 14.5 Å². The van der Waals surface area contributed by atoms with Crippen LogP contribution in [0.2, 0.25) is 0 Å². The largest absolute Gasteiger partial charge is 0.344 e. The van der Waals surface area contributed by atoms with E-state index >= 15 is 0 Å². The Kier molecular flexibility index (Phi) is 7.87. The number of rotatable bonds is 6. The number of halogens is 2. The minimum atomic E-state index is -4.14. The molecule has 1 aliphatic heterocycles. The summed E-state index contributed by atoms with van der Waals surface area (Å²) in [4.78, 5) is 26.7. The van der Waals surface area contributed by atoms with Gasteiger partial charge in [-0.15, -0.1) is 0 Å². The van der Waals surface area contributed by atoms with Crippen molar-refractivity contribution in [3.05, 3.63) is 29.8 Å². The summed E-state index contributed by atoms with van der Waals surface area (Å²) in [5.74, 6) is -2.52. The van der Waals surface area contributed by atoms with Gasteiger partial charge in [0, 0.05) is 38.2 Å². The van der Waals surface area contributed by atoms with Crippen LogP contribution in [0, 0.1) is 23.5 Å². The van der Waals surface area contributed by atoms with Gasteiger partial charge in [0.2, 0.25) is 21.8 Å². The van der Waals surface area contributed by atoms with Crippen molar-refractivity contribution in [1.29, 1.82) is 0 Å². The SMILES string of the molecule is CC(C)[C@@H](NC(=O)C1CCCCC1)C(=O)N1CCN(S(=O)(=O)c2ccc(F)cc2F)CC1. The van der Waals surface area contributed by atoms with Gasteiger partial charge in [-0.2, -0.15) is 4.31 Å². The van der Waals surface area contributed by atoms with Crippen molar-refractivity contribution in [3.63, 3.8) is 0 Å². The van der Waals surface area contributed by atoms with E-state index in [0.717, 1.165) is 48.5 Å². The summed E-state index contributed by atoms with van der Waals surface area (Å²) in [6.45, 7) is 3.97. The number of carbonyl (C=O) groups is 2. The molecule has 2 amide bonds. The van der Waals surface area contributed by atoms with Crippen LogP contribution in [-0.4, -0.2) is 61.7 Å². The second kappa shape index (κ2) is 10.2. The van der Waals surface area contributed by atoms with Gasteiger partial charge in [0.15, 0.2) is 0 Å². The number of piperazine rings is 1. The van der Waals surface area contributed by atoms with Crippen LogP contribution in [0.3, 0.4) is 0 Å². The van der Waals surface area contributed by atoms with Crippen molar-refractivity contribution < 1.29 is 26.8 Å². The Labute approximate surface area is 188 Å². The molecule has 1 heterocycles. The van der Waals surface area contributed by atoms with E-state index in [9.17, 15) is 26.8 Å². The molecule has 0 unspecified atom stereocenters. The van der Waals surface area contributed by atoms with Crippen LogP contribution in [0.15, 0.2) is 23.1 Å². The molecule has 32 heavy (non-hydrogen) atoms. The first kappa shape index (κ1) is 24.6. The molecule has 1 saturated carbocycles.